The summed E-state index contributed by atoms with van der Waals surface area (Å²) >= 11 is 1.58. The molecule has 0 saturated carbocycles. The first-order valence-corrected chi connectivity index (χ1v) is 12.8. The molecule has 0 fully saturated rings. The SMILES string of the molecule is O=C(c1ccc(S(=O)(=O)C(F)F)cc1)N(c1ccc(SC(F)F)cc1)c1nc2ccccc2s1. The van der Waals surface area contributed by atoms with Gasteiger partial charge in [-0.15, -0.1) is 0 Å². The number of sulfone groups is 1. The molecule has 0 spiro atoms. The molecule has 0 radical (unpaired) electrons. The third-order valence-electron chi connectivity index (χ3n) is 4.66. The van der Waals surface area contributed by atoms with Crippen molar-refractivity contribution in [3.05, 3.63) is 78.4 Å². The largest absolute Gasteiger partial charge is 0.341 e. The van der Waals surface area contributed by atoms with Crippen LogP contribution >= 0.6 is 23.1 Å². The standard InChI is InChI=1S/C22H14F4N2O3S3/c23-20(24)32-15-9-7-14(8-10-15)28(22-27-17-3-1-2-4-18(17)33-22)19(29)13-5-11-16(12-6-13)34(30,31)21(25)26/h1-12,20-21H. The van der Waals surface area contributed by atoms with Crippen LogP contribution < -0.4 is 4.90 Å². The number of carbonyl (C=O) groups excluding carboxylic acids is 1. The second-order valence-electron chi connectivity index (χ2n) is 6.81. The second kappa shape index (κ2) is 9.72. The molecular formula is C22H14F4N2O3S3. The topological polar surface area (TPSA) is 67.3 Å². The number of hydrogen-bond acceptors (Lipinski definition) is 6. The van der Waals surface area contributed by atoms with Crippen LogP contribution in [0.2, 0.25) is 0 Å². The molecule has 0 aliphatic heterocycles. The highest BCUT2D eigenvalue weighted by Crippen LogP contribution is 2.36. The number of aromatic nitrogens is 1. The maximum Gasteiger partial charge on any atom is 0.341 e. The van der Waals surface area contributed by atoms with Crippen molar-refractivity contribution >= 4 is 59.9 Å². The van der Waals surface area contributed by atoms with Gasteiger partial charge in [-0.25, -0.2) is 13.4 Å². The maximum atomic E-state index is 13.4. The zero-order chi connectivity index (χ0) is 24.5. The Kier molecular flexibility index (Phi) is 6.91. The molecule has 3 aromatic carbocycles. The number of alkyl halides is 4. The van der Waals surface area contributed by atoms with Gasteiger partial charge in [0.15, 0.2) is 5.13 Å². The first kappa shape index (κ1) is 24.2. The molecule has 0 atom stereocenters. The Labute approximate surface area is 200 Å². The highest BCUT2D eigenvalue weighted by Gasteiger charge is 2.28. The van der Waals surface area contributed by atoms with Gasteiger partial charge in [0.05, 0.1) is 20.8 Å². The quantitative estimate of drug-likeness (QED) is 0.201. The zero-order valence-electron chi connectivity index (χ0n) is 16.9. The summed E-state index contributed by atoms with van der Waals surface area (Å²) in [5.41, 5.74) is 1.01. The van der Waals surface area contributed by atoms with Crippen molar-refractivity contribution < 1.29 is 30.8 Å². The van der Waals surface area contributed by atoms with Crippen molar-refractivity contribution in [3.8, 4) is 0 Å². The van der Waals surface area contributed by atoms with Gasteiger partial charge in [-0.3, -0.25) is 9.69 Å². The summed E-state index contributed by atoms with van der Waals surface area (Å²) < 4.78 is 75.2. The lowest BCUT2D eigenvalue weighted by Gasteiger charge is -2.20. The second-order valence-corrected chi connectivity index (χ2v) is 10.8. The van der Waals surface area contributed by atoms with E-state index in [9.17, 15) is 30.8 Å². The van der Waals surface area contributed by atoms with Crippen LogP contribution in [0.25, 0.3) is 10.2 Å². The lowest BCUT2D eigenvalue weighted by Crippen LogP contribution is -2.26. The van der Waals surface area contributed by atoms with Crippen molar-refractivity contribution in [1.29, 1.82) is 0 Å². The molecule has 34 heavy (non-hydrogen) atoms. The number of thioether (sulfide) groups is 1. The first-order chi connectivity index (χ1) is 16.2. The molecule has 0 aliphatic rings. The van der Waals surface area contributed by atoms with Crippen molar-refractivity contribution in [1.82, 2.24) is 4.98 Å². The molecule has 1 heterocycles. The van der Waals surface area contributed by atoms with Gasteiger partial charge in [0, 0.05) is 10.5 Å². The third kappa shape index (κ3) is 4.93. The van der Waals surface area contributed by atoms with E-state index < -0.39 is 32.2 Å². The van der Waals surface area contributed by atoms with E-state index in [4.69, 9.17) is 0 Å². The third-order valence-corrected chi connectivity index (χ3v) is 7.80. The molecule has 4 aromatic rings. The van der Waals surface area contributed by atoms with Crippen LogP contribution in [0, 0.1) is 0 Å². The molecule has 0 N–H and O–H groups in total. The monoisotopic (exact) mass is 526 g/mol. The maximum absolute atomic E-state index is 13.4. The number of nitrogens with zero attached hydrogens (tertiary/aromatic N) is 2. The predicted molar refractivity (Wildman–Crippen MR) is 124 cm³/mol. The Morgan fingerprint density at radius 3 is 2.15 bits per heavy atom. The normalized spacial score (nSPS) is 11.9. The lowest BCUT2D eigenvalue weighted by molar-refractivity contribution is 0.0999. The summed E-state index contributed by atoms with van der Waals surface area (Å²) in [7, 11) is -4.81. The van der Waals surface area contributed by atoms with Gasteiger partial charge in [-0.1, -0.05) is 35.2 Å². The van der Waals surface area contributed by atoms with Crippen LogP contribution in [-0.2, 0) is 9.84 Å². The van der Waals surface area contributed by atoms with Crippen LogP contribution in [0.3, 0.4) is 0 Å². The number of halogens is 4. The van der Waals surface area contributed by atoms with Crippen molar-refractivity contribution in [2.45, 2.75) is 21.3 Å². The van der Waals surface area contributed by atoms with Gasteiger partial charge in [0.2, 0.25) is 9.84 Å². The van der Waals surface area contributed by atoms with E-state index >= 15 is 0 Å². The van der Waals surface area contributed by atoms with E-state index in [2.05, 4.69) is 4.98 Å². The molecule has 5 nitrogen and oxygen atoms in total. The van der Waals surface area contributed by atoms with Crippen molar-refractivity contribution in [2.75, 3.05) is 4.90 Å². The Morgan fingerprint density at radius 2 is 1.56 bits per heavy atom. The van der Waals surface area contributed by atoms with Gasteiger partial charge >= 0.3 is 5.76 Å². The highest BCUT2D eigenvalue weighted by molar-refractivity contribution is 7.99. The summed E-state index contributed by atoms with van der Waals surface area (Å²) in [5.74, 6) is -6.79. The number of para-hydroxylation sites is 1. The van der Waals surface area contributed by atoms with Crippen molar-refractivity contribution in [3.63, 3.8) is 0 Å². The number of hydrogen-bond donors (Lipinski definition) is 0. The molecule has 4 rings (SSSR count). The molecule has 176 valence electrons. The fourth-order valence-electron chi connectivity index (χ4n) is 3.07. The zero-order valence-corrected chi connectivity index (χ0v) is 19.4. The van der Waals surface area contributed by atoms with E-state index in [-0.39, 0.29) is 5.56 Å². The molecule has 1 aromatic heterocycles. The molecule has 0 aliphatic carbocycles. The molecule has 12 heteroatoms. The smallest absolute Gasteiger partial charge is 0.268 e. The molecule has 0 bridgehead atoms. The van der Waals surface area contributed by atoms with Gasteiger partial charge in [0.25, 0.3) is 11.7 Å². The van der Waals surface area contributed by atoms with E-state index in [0.717, 1.165) is 29.0 Å². The number of rotatable bonds is 7. The summed E-state index contributed by atoms with van der Waals surface area (Å²) in [4.78, 5) is 18.9. The van der Waals surface area contributed by atoms with Crippen LogP contribution in [-0.4, -0.2) is 30.8 Å². The first-order valence-electron chi connectivity index (χ1n) is 9.54. The van der Waals surface area contributed by atoms with Gasteiger partial charge < -0.3 is 0 Å². The molecule has 0 saturated heterocycles. The minimum absolute atomic E-state index is 0.0264. The highest BCUT2D eigenvalue weighted by atomic mass is 32.2. The number of anilines is 2. The van der Waals surface area contributed by atoms with Gasteiger partial charge in [-0.05, 0) is 60.7 Å². The van der Waals surface area contributed by atoms with E-state index in [1.165, 1.54) is 40.5 Å². The molecule has 0 unspecified atom stereocenters. The fourth-order valence-corrected chi connectivity index (χ4v) is 5.27. The summed E-state index contributed by atoms with van der Waals surface area (Å²) in [6, 6.07) is 17.2. The van der Waals surface area contributed by atoms with Gasteiger partial charge in [-0.2, -0.15) is 17.6 Å². The average molecular weight is 527 g/mol. The Balaban J connectivity index is 1.75. The minimum atomic E-state index is -4.81. The minimum Gasteiger partial charge on any atom is -0.268 e. The Hall–Kier alpha value is -2.96. The van der Waals surface area contributed by atoms with Crippen molar-refractivity contribution in [2.24, 2.45) is 0 Å². The fraction of sp³-hybridized carbons (Fsp3) is 0.0909. The summed E-state index contributed by atoms with van der Waals surface area (Å²) in [5, 5.41) is 0.296. The van der Waals surface area contributed by atoms with E-state index in [0.29, 0.717) is 33.0 Å². The summed E-state index contributed by atoms with van der Waals surface area (Å²) in [6.45, 7) is 0. The molecule has 1 amide bonds. The van der Waals surface area contributed by atoms with Crippen LogP contribution in [0.5, 0.6) is 0 Å². The molecular weight excluding hydrogens is 512 g/mol. The Morgan fingerprint density at radius 1 is 0.912 bits per heavy atom. The summed E-state index contributed by atoms with van der Waals surface area (Å²) in [6.07, 6.45) is 0. The predicted octanol–water partition coefficient (Wildman–Crippen LogP) is 6.59. The van der Waals surface area contributed by atoms with Crippen LogP contribution in [0.15, 0.2) is 82.6 Å². The Bertz CT molecular complexity index is 1390. The number of amides is 1. The number of carbonyl (C=O) groups is 1. The van der Waals surface area contributed by atoms with Gasteiger partial charge in [0.1, 0.15) is 0 Å². The number of benzene rings is 3. The lowest BCUT2D eigenvalue weighted by atomic mass is 10.2. The average Bonchev–Trinajstić information content (AvgIpc) is 3.23. The van der Waals surface area contributed by atoms with Crippen LogP contribution in [0.4, 0.5) is 28.4 Å². The van der Waals surface area contributed by atoms with E-state index in [1.54, 1.807) is 12.1 Å². The number of fused-ring (bicyclic) bond motifs is 1. The number of thiazole rings is 1. The van der Waals surface area contributed by atoms with Crippen LogP contribution in [0.1, 0.15) is 10.4 Å². The van der Waals surface area contributed by atoms with E-state index in [1.807, 2.05) is 12.1 Å².